The predicted octanol–water partition coefficient (Wildman–Crippen LogP) is 3.39. The zero-order chi connectivity index (χ0) is 12.3. The summed E-state index contributed by atoms with van der Waals surface area (Å²) in [5.74, 6) is -0.203. The number of rotatable bonds is 4. The molecule has 90 valence electrons. The number of thiophene rings is 1. The highest BCUT2D eigenvalue weighted by Gasteiger charge is 2.20. The van der Waals surface area contributed by atoms with Gasteiger partial charge in [0.25, 0.3) is 0 Å². The first-order chi connectivity index (χ1) is 8.05. The van der Waals surface area contributed by atoms with Gasteiger partial charge < -0.3 is 5.73 Å². The second-order valence-corrected chi connectivity index (χ2v) is 5.75. The van der Waals surface area contributed by atoms with Crippen molar-refractivity contribution in [3.8, 4) is 0 Å². The second kappa shape index (κ2) is 4.98. The normalized spacial score (nSPS) is 14.5. The molecule has 0 aliphatic heterocycles. The van der Waals surface area contributed by atoms with Gasteiger partial charge in [-0.15, -0.1) is 11.3 Å². The lowest BCUT2D eigenvalue weighted by molar-refractivity contribution is 0.466. The third kappa shape index (κ3) is 3.65. The molecule has 0 fully saturated rings. The van der Waals surface area contributed by atoms with Gasteiger partial charge in [0.1, 0.15) is 5.82 Å². The fraction of sp³-hybridized carbons (Fsp3) is 0.286. The van der Waals surface area contributed by atoms with E-state index in [1.807, 2.05) is 13.0 Å². The molecule has 0 aliphatic carbocycles. The lowest BCUT2D eigenvalue weighted by atomic mass is 9.90. The minimum Gasteiger partial charge on any atom is -0.325 e. The highest BCUT2D eigenvalue weighted by molar-refractivity contribution is 7.09. The highest BCUT2D eigenvalue weighted by Crippen LogP contribution is 2.19. The molecule has 3 heteroatoms. The molecule has 2 aromatic rings. The summed E-state index contributed by atoms with van der Waals surface area (Å²) in [5.41, 5.74) is 7.08. The van der Waals surface area contributed by atoms with E-state index in [9.17, 15) is 4.39 Å². The Bertz CT molecular complexity index is 459. The van der Waals surface area contributed by atoms with E-state index >= 15 is 0 Å². The van der Waals surface area contributed by atoms with Crippen LogP contribution in [-0.2, 0) is 12.8 Å². The molecular formula is C14H16FNS. The van der Waals surface area contributed by atoms with Crippen molar-refractivity contribution in [3.05, 3.63) is 58.0 Å². The van der Waals surface area contributed by atoms with Crippen molar-refractivity contribution in [1.29, 1.82) is 0 Å². The third-order valence-corrected chi connectivity index (χ3v) is 3.56. The smallest absolute Gasteiger partial charge is 0.123 e. The molecule has 1 atom stereocenters. The van der Waals surface area contributed by atoms with E-state index in [1.54, 1.807) is 23.5 Å². The predicted molar refractivity (Wildman–Crippen MR) is 70.7 cm³/mol. The third-order valence-electron chi connectivity index (χ3n) is 2.68. The summed E-state index contributed by atoms with van der Waals surface area (Å²) in [5, 5.41) is 2.06. The van der Waals surface area contributed by atoms with E-state index in [-0.39, 0.29) is 11.4 Å². The molecule has 1 aromatic carbocycles. The first-order valence-electron chi connectivity index (χ1n) is 5.61. The molecule has 0 spiro atoms. The van der Waals surface area contributed by atoms with Crippen molar-refractivity contribution in [1.82, 2.24) is 0 Å². The van der Waals surface area contributed by atoms with Gasteiger partial charge in [-0.2, -0.15) is 0 Å². The van der Waals surface area contributed by atoms with Crippen LogP contribution in [0.25, 0.3) is 0 Å². The average Bonchev–Trinajstić information content (AvgIpc) is 2.73. The Labute approximate surface area is 105 Å². The molecule has 0 saturated carbocycles. The highest BCUT2D eigenvalue weighted by atomic mass is 32.1. The lowest BCUT2D eigenvalue weighted by Crippen LogP contribution is -2.40. The maximum atomic E-state index is 12.8. The molecule has 17 heavy (non-hydrogen) atoms. The van der Waals surface area contributed by atoms with Crippen LogP contribution in [0.15, 0.2) is 41.8 Å². The number of hydrogen-bond acceptors (Lipinski definition) is 2. The number of benzene rings is 1. The van der Waals surface area contributed by atoms with Gasteiger partial charge >= 0.3 is 0 Å². The molecule has 1 nitrogen and oxygen atoms in total. The molecule has 1 aromatic heterocycles. The Balaban J connectivity index is 2.03. The summed E-state index contributed by atoms with van der Waals surface area (Å²) in [7, 11) is 0. The number of nitrogens with two attached hydrogens (primary N) is 1. The van der Waals surface area contributed by atoms with Gasteiger partial charge in [-0.05, 0) is 48.9 Å². The van der Waals surface area contributed by atoms with Crippen molar-refractivity contribution < 1.29 is 4.39 Å². The molecule has 0 saturated heterocycles. The Morgan fingerprint density at radius 3 is 2.47 bits per heavy atom. The fourth-order valence-electron chi connectivity index (χ4n) is 1.94. The van der Waals surface area contributed by atoms with Crippen LogP contribution in [0, 0.1) is 5.82 Å². The van der Waals surface area contributed by atoms with E-state index in [4.69, 9.17) is 5.73 Å². The first kappa shape index (κ1) is 12.3. The Morgan fingerprint density at radius 2 is 1.88 bits per heavy atom. The Morgan fingerprint density at radius 1 is 1.18 bits per heavy atom. The van der Waals surface area contributed by atoms with Crippen LogP contribution in [0.3, 0.4) is 0 Å². The molecule has 1 unspecified atom stereocenters. The second-order valence-electron chi connectivity index (χ2n) is 4.71. The first-order valence-corrected chi connectivity index (χ1v) is 6.49. The average molecular weight is 249 g/mol. The van der Waals surface area contributed by atoms with E-state index < -0.39 is 0 Å². The summed E-state index contributed by atoms with van der Waals surface area (Å²) < 4.78 is 12.8. The number of hydrogen-bond donors (Lipinski definition) is 1. The quantitative estimate of drug-likeness (QED) is 0.883. The lowest BCUT2D eigenvalue weighted by Gasteiger charge is -2.24. The van der Waals surface area contributed by atoms with E-state index in [0.29, 0.717) is 0 Å². The van der Waals surface area contributed by atoms with Gasteiger partial charge in [-0.25, -0.2) is 4.39 Å². The largest absolute Gasteiger partial charge is 0.325 e. The van der Waals surface area contributed by atoms with E-state index in [2.05, 4.69) is 11.4 Å². The fourth-order valence-corrected chi connectivity index (χ4v) is 2.84. The van der Waals surface area contributed by atoms with Crippen molar-refractivity contribution in [3.63, 3.8) is 0 Å². The topological polar surface area (TPSA) is 26.0 Å². The minimum atomic E-state index is -0.289. The SMILES string of the molecule is CC(N)(Cc1ccc(F)cc1)Cc1cccs1. The molecule has 2 N–H and O–H groups in total. The summed E-state index contributed by atoms with van der Waals surface area (Å²) in [6.07, 6.45) is 1.60. The molecule has 0 aliphatic rings. The van der Waals surface area contributed by atoms with Crippen LogP contribution < -0.4 is 5.73 Å². The molecule has 0 radical (unpaired) electrons. The van der Waals surface area contributed by atoms with Gasteiger partial charge in [-0.3, -0.25) is 0 Å². The standard InChI is InChI=1S/C14H16FNS/c1-14(16,10-13-3-2-8-17-13)9-11-4-6-12(15)7-5-11/h2-8H,9-10,16H2,1H3. The summed E-state index contributed by atoms with van der Waals surface area (Å²) in [4.78, 5) is 1.29. The van der Waals surface area contributed by atoms with Crippen LogP contribution in [-0.4, -0.2) is 5.54 Å². The van der Waals surface area contributed by atoms with Crippen molar-refractivity contribution in [2.75, 3.05) is 0 Å². The molecule has 0 bridgehead atoms. The van der Waals surface area contributed by atoms with Crippen molar-refractivity contribution >= 4 is 11.3 Å². The van der Waals surface area contributed by atoms with Gasteiger partial charge in [0, 0.05) is 10.4 Å². The van der Waals surface area contributed by atoms with Crippen molar-refractivity contribution in [2.45, 2.75) is 25.3 Å². The summed E-state index contributed by atoms with van der Waals surface area (Å²) in [6.45, 7) is 2.04. The maximum Gasteiger partial charge on any atom is 0.123 e. The van der Waals surface area contributed by atoms with E-state index in [0.717, 1.165) is 18.4 Å². The summed E-state index contributed by atoms with van der Waals surface area (Å²) in [6, 6.07) is 10.7. The van der Waals surface area contributed by atoms with Gasteiger partial charge in [0.2, 0.25) is 0 Å². The Hall–Kier alpha value is -1.19. The molecule has 2 rings (SSSR count). The Kier molecular flexibility index (Phi) is 3.60. The van der Waals surface area contributed by atoms with E-state index in [1.165, 1.54) is 17.0 Å². The van der Waals surface area contributed by atoms with Gasteiger partial charge in [0.05, 0.1) is 0 Å². The van der Waals surface area contributed by atoms with Crippen LogP contribution in [0.4, 0.5) is 4.39 Å². The van der Waals surface area contributed by atoms with Crippen LogP contribution >= 0.6 is 11.3 Å². The zero-order valence-corrected chi connectivity index (χ0v) is 10.6. The van der Waals surface area contributed by atoms with Gasteiger partial charge in [-0.1, -0.05) is 18.2 Å². The van der Waals surface area contributed by atoms with Crippen LogP contribution in [0.1, 0.15) is 17.4 Å². The van der Waals surface area contributed by atoms with Gasteiger partial charge in [0.15, 0.2) is 0 Å². The maximum absolute atomic E-state index is 12.8. The van der Waals surface area contributed by atoms with Crippen LogP contribution in [0.2, 0.25) is 0 Å². The molecule has 0 amide bonds. The molecule has 1 heterocycles. The number of halogens is 1. The van der Waals surface area contributed by atoms with Crippen LogP contribution in [0.5, 0.6) is 0 Å². The minimum absolute atomic E-state index is 0.203. The summed E-state index contributed by atoms with van der Waals surface area (Å²) >= 11 is 1.72. The monoisotopic (exact) mass is 249 g/mol. The molecular weight excluding hydrogens is 233 g/mol. The zero-order valence-electron chi connectivity index (χ0n) is 9.82. The van der Waals surface area contributed by atoms with Crippen molar-refractivity contribution in [2.24, 2.45) is 5.73 Å².